The van der Waals surface area contributed by atoms with E-state index in [1.807, 2.05) is 0 Å². The number of ether oxygens (including phenoxy) is 3. The number of hydrogen-bond acceptors (Lipinski definition) is 3. The van der Waals surface area contributed by atoms with Crippen molar-refractivity contribution in [1.82, 2.24) is 0 Å². The highest BCUT2D eigenvalue weighted by atomic mass is 19.2. The first kappa shape index (κ1) is 20.2. The fraction of sp³-hybridized carbons (Fsp3) is 0.727. The van der Waals surface area contributed by atoms with Crippen LogP contribution in [0.4, 0.5) is 13.2 Å². The van der Waals surface area contributed by atoms with Crippen LogP contribution >= 0.6 is 0 Å². The van der Waals surface area contributed by atoms with E-state index in [1.54, 1.807) is 0 Å². The lowest BCUT2D eigenvalue weighted by Gasteiger charge is -2.40. The maximum atomic E-state index is 13.5. The minimum absolute atomic E-state index is 0.110. The summed E-state index contributed by atoms with van der Waals surface area (Å²) in [7, 11) is 0. The van der Waals surface area contributed by atoms with Crippen LogP contribution in [-0.4, -0.2) is 26.1 Å². The molecule has 2 heterocycles. The van der Waals surface area contributed by atoms with Gasteiger partial charge in [0, 0.05) is 11.8 Å². The van der Waals surface area contributed by atoms with Crippen LogP contribution in [0.1, 0.15) is 57.1 Å². The molecule has 0 N–H and O–H groups in total. The van der Waals surface area contributed by atoms with E-state index in [4.69, 9.17) is 14.2 Å². The van der Waals surface area contributed by atoms with Gasteiger partial charge in [-0.25, -0.2) is 13.2 Å². The molecule has 3 nitrogen and oxygen atoms in total. The van der Waals surface area contributed by atoms with E-state index in [0.29, 0.717) is 30.4 Å². The molecular weight excluding hydrogens is 369 g/mol. The maximum absolute atomic E-state index is 13.5. The molecule has 0 aromatic heterocycles. The fourth-order valence-electron chi connectivity index (χ4n) is 4.85. The molecule has 0 bridgehead atoms. The van der Waals surface area contributed by atoms with Gasteiger partial charge in [-0.2, -0.15) is 0 Å². The topological polar surface area (TPSA) is 27.7 Å². The number of halogens is 3. The molecule has 4 rings (SSSR count). The highest BCUT2D eigenvalue weighted by Crippen LogP contribution is 2.38. The molecule has 0 amide bonds. The van der Waals surface area contributed by atoms with Crippen LogP contribution in [0.15, 0.2) is 12.1 Å². The van der Waals surface area contributed by atoms with Gasteiger partial charge in [0.15, 0.2) is 23.7 Å². The van der Waals surface area contributed by atoms with E-state index in [2.05, 4.69) is 6.92 Å². The fourth-order valence-corrected chi connectivity index (χ4v) is 4.85. The molecule has 0 spiro atoms. The van der Waals surface area contributed by atoms with E-state index in [1.165, 1.54) is 25.7 Å². The van der Waals surface area contributed by atoms with Gasteiger partial charge in [-0.3, -0.25) is 0 Å². The van der Waals surface area contributed by atoms with E-state index in [9.17, 15) is 13.2 Å². The van der Waals surface area contributed by atoms with E-state index >= 15 is 0 Å². The molecule has 28 heavy (non-hydrogen) atoms. The summed E-state index contributed by atoms with van der Waals surface area (Å²) in [5.41, 5.74) is 0.340. The Labute approximate surface area is 164 Å². The second-order valence-electron chi connectivity index (χ2n) is 8.77. The summed E-state index contributed by atoms with van der Waals surface area (Å²) in [5, 5.41) is 0. The number of rotatable bonds is 3. The van der Waals surface area contributed by atoms with Gasteiger partial charge in [0.05, 0.1) is 25.9 Å². The Kier molecular flexibility index (Phi) is 6.28. The zero-order valence-corrected chi connectivity index (χ0v) is 16.3. The molecule has 2 aliphatic heterocycles. The zero-order valence-electron chi connectivity index (χ0n) is 16.3. The number of hydrogen-bond donors (Lipinski definition) is 0. The molecule has 1 saturated carbocycles. The number of benzene rings is 1. The van der Waals surface area contributed by atoms with E-state index in [-0.39, 0.29) is 12.2 Å². The van der Waals surface area contributed by atoms with Crippen molar-refractivity contribution in [3.63, 3.8) is 0 Å². The van der Waals surface area contributed by atoms with Crippen molar-refractivity contribution < 1.29 is 27.4 Å². The monoisotopic (exact) mass is 398 g/mol. The normalized spacial score (nSPS) is 37.0. The highest BCUT2D eigenvalue weighted by Gasteiger charge is 2.36. The molecule has 6 heteroatoms. The summed E-state index contributed by atoms with van der Waals surface area (Å²) < 4.78 is 58.0. The molecule has 2 saturated heterocycles. The van der Waals surface area contributed by atoms with Crippen LogP contribution in [0.25, 0.3) is 0 Å². The largest absolute Gasteiger partial charge is 0.373 e. The molecule has 1 aromatic carbocycles. The predicted molar refractivity (Wildman–Crippen MR) is 98.0 cm³/mol. The smallest absolute Gasteiger partial charge is 0.194 e. The molecule has 1 aromatic rings. The van der Waals surface area contributed by atoms with Crippen LogP contribution in [0, 0.1) is 41.1 Å². The second-order valence-corrected chi connectivity index (χ2v) is 8.77. The minimum atomic E-state index is -1.44. The quantitative estimate of drug-likeness (QED) is 0.639. The SMILES string of the molecule is CC1CCC(C2COC(C3CCC(c4cc(F)c(F)c(F)c4)OC3)OC2)CC1. The minimum Gasteiger partial charge on any atom is -0.373 e. The van der Waals surface area contributed by atoms with Crippen LogP contribution < -0.4 is 0 Å². The van der Waals surface area contributed by atoms with Crippen LogP contribution in [-0.2, 0) is 14.2 Å². The summed E-state index contributed by atoms with van der Waals surface area (Å²) in [6.07, 6.45) is 5.80. The van der Waals surface area contributed by atoms with Gasteiger partial charge in [-0.1, -0.05) is 19.8 Å². The zero-order chi connectivity index (χ0) is 19.7. The molecule has 3 fully saturated rings. The van der Waals surface area contributed by atoms with E-state index < -0.39 is 23.6 Å². The lowest BCUT2D eigenvalue weighted by molar-refractivity contribution is -0.248. The molecular formula is C22H29F3O3. The van der Waals surface area contributed by atoms with Gasteiger partial charge in [-0.05, 0) is 55.2 Å². The summed E-state index contributed by atoms with van der Waals surface area (Å²) in [6.45, 7) is 4.20. The lowest BCUT2D eigenvalue weighted by Crippen LogP contribution is -2.42. The summed E-state index contributed by atoms with van der Waals surface area (Å²) in [6, 6.07) is 2.04. The Bertz CT molecular complexity index is 636. The predicted octanol–water partition coefficient (Wildman–Crippen LogP) is 5.39. The molecule has 0 radical (unpaired) electrons. The third-order valence-electron chi connectivity index (χ3n) is 6.75. The molecule has 2 atom stereocenters. The summed E-state index contributed by atoms with van der Waals surface area (Å²) >= 11 is 0. The lowest BCUT2D eigenvalue weighted by atomic mass is 9.76. The van der Waals surface area contributed by atoms with Crippen molar-refractivity contribution in [3.05, 3.63) is 35.1 Å². The Hall–Kier alpha value is -1.11. The first-order chi connectivity index (χ1) is 13.5. The second kappa shape index (κ2) is 8.72. The average Bonchev–Trinajstić information content (AvgIpc) is 2.72. The summed E-state index contributed by atoms with van der Waals surface area (Å²) in [5.74, 6) is -1.67. The Balaban J connectivity index is 1.26. The Morgan fingerprint density at radius 2 is 1.29 bits per heavy atom. The van der Waals surface area contributed by atoms with Crippen molar-refractivity contribution in [1.29, 1.82) is 0 Å². The highest BCUT2D eigenvalue weighted by molar-refractivity contribution is 5.22. The summed E-state index contributed by atoms with van der Waals surface area (Å²) in [4.78, 5) is 0. The van der Waals surface area contributed by atoms with Crippen LogP contribution in [0.2, 0.25) is 0 Å². The molecule has 3 aliphatic rings. The van der Waals surface area contributed by atoms with Crippen molar-refractivity contribution >= 4 is 0 Å². The Morgan fingerprint density at radius 3 is 1.86 bits per heavy atom. The van der Waals surface area contributed by atoms with Crippen molar-refractivity contribution in [2.75, 3.05) is 19.8 Å². The van der Waals surface area contributed by atoms with E-state index in [0.717, 1.165) is 37.7 Å². The molecule has 1 aliphatic carbocycles. The third-order valence-corrected chi connectivity index (χ3v) is 6.75. The molecule has 156 valence electrons. The van der Waals surface area contributed by atoms with Gasteiger partial charge in [0.1, 0.15) is 0 Å². The van der Waals surface area contributed by atoms with Gasteiger partial charge in [0.25, 0.3) is 0 Å². The van der Waals surface area contributed by atoms with Crippen molar-refractivity contribution in [2.24, 2.45) is 23.7 Å². The first-order valence-electron chi connectivity index (χ1n) is 10.5. The average molecular weight is 398 g/mol. The first-order valence-corrected chi connectivity index (χ1v) is 10.5. The van der Waals surface area contributed by atoms with Gasteiger partial charge in [0.2, 0.25) is 0 Å². The Morgan fingerprint density at radius 1 is 0.714 bits per heavy atom. The maximum Gasteiger partial charge on any atom is 0.194 e. The van der Waals surface area contributed by atoms with Gasteiger partial charge in [-0.15, -0.1) is 0 Å². The van der Waals surface area contributed by atoms with Crippen molar-refractivity contribution in [3.8, 4) is 0 Å². The van der Waals surface area contributed by atoms with Crippen LogP contribution in [0.3, 0.4) is 0 Å². The van der Waals surface area contributed by atoms with Gasteiger partial charge < -0.3 is 14.2 Å². The standard InChI is InChI=1S/C22H29F3O3/c1-13-2-4-14(5-3-13)17-11-27-22(28-12-17)15-6-7-20(26-10-15)16-8-18(23)21(25)19(24)9-16/h8-9,13-15,17,20,22H,2-7,10-12H2,1H3. The van der Waals surface area contributed by atoms with Crippen molar-refractivity contribution in [2.45, 2.75) is 57.8 Å². The van der Waals surface area contributed by atoms with Crippen LogP contribution in [0.5, 0.6) is 0 Å². The third kappa shape index (κ3) is 4.39. The molecule has 2 unspecified atom stereocenters. The van der Waals surface area contributed by atoms with Gasteiger partial charge >= 0.3 is 0 Å².